The molecule has 0 aliphatic rings. The minimum atomic E-state index is -0.708. The molecule has 112 valence electrons. The van der Waals surface area contributed by atoms with E-state index in [1.807, 2.05) is 24.4 Å². The van der Waals surface area contributed by atoms with Crippen LogP contribution in [0.3, 0.4) is 0 Å². The van der Waals surface area contributed by atoms with Crippen molar-refractivity contribution in [3.63, 3.8) is 0 Å². The van der Waals surface area contributed by atoms with Crippen LogP contribution >= 0.6 is 11.3 Å². The molecule has 6 heteroatoms. The smallest absolute Gasteiger partial charge is 0.150 e. The van der Waals surface area contributed by atoms with Crippen molar-refractivity contribution < 1.29 is 8.78 Å². The highest BCUT2D eigenvalue weighted by molar-refractivity contribution is 7.09. The molecule has 1 heterocycles. The quantitative estimate of drug-likeness (QED) is 0.657. The number of nitrogens with two attached hydrogens (primary N) is 1. The Morgan fingerprint density at radius 1 is 1.38 bits per heavy atom. The van der Waals surface area contributed by atoms with E-state index in [0.717, 1.165) is 17.0 Å². The Hall–Kier alpha value is -1.95. The minimum Gasteiger partial charge on any atom is -0.384 e. The van der Waals surface area contributed by atoms with Crippen LogP contribution in [-0.4, -0.2) is 18.9 Å². The van der Waals surface area contributed by atoms with Crippen molar-refractivity contribution in [3.8, 4) is 0 Å². The van der Waals surface area contributed by atoms with E-state index >= 15 is 0 Å². The van der Waals surface area contributed by atoms with Gasteiger partial charge in [0.15, 0.2) is 0 Å². The van der Waals surface area contributed by atoms with E-state index in [4.69, 9.17) is 11.1 Å². The van der Waals surface area contributed by atoms with Crippen LogP contribution in [0, 0.1) is 17.0 Å². The van der Waals surface area contributed by atoms with Crippen LogP contribution in [0.5, 0.6) is 0 Å². The molecule has 2 aromatic rings. The fourth-order valence-electron chi connectivity index (χ4n) is 2.14. The first-order valence-corrected chi connectivity index (χ1v) is 7.36. The summed E-state index contributed by atoms with van der Waals surface area (Å²) < 4.78 is 28.3. The number of thiophene rings is 1. The first-order valence-electron chi connectivity index (χ1n) is 6.48. The van der Waals surface area contributed by atoms with Gasteiger partial charge in [0, 0.05) is 30.0 Å². The molecule has 3 N–H and O–H groups in total. The topological polar surface area (TPSA) is 53.1 Å². The van der Waals surface area contributed by atoms with E-state index < -0.39 is 11.6 Å². The number of anilines is 1. The molecule has 1 atom stereocenters. The number of nitrogens with one attached hydrogen (secondary N) is 1. The minimum absolute atomic E-state index is 0.0491. The lowest BCUT2D eigenvalue weighted by Crippen LogP contribution is -2.32. The molecule has 0 aliphatic heterocycles. The molecule has 0 saturated heterocycles. The molecule has 0 saturated carbocycles. The van der Waals surface area contributed by atoms with Crippen LogP contribution in [-0.2, 0) is 6.42 Å². The Labute approximate surface area is 126 Å². The summed E-state index contributed by atoms with van der Waals surface area (Å²) in [5.74, 6) is -1.77. The second-order valence-electron chi connectivity index (χ2n) is 4.95. The molecule has 2 rings (SSSR count). The van der Waals surface area contributed by atoms with E-state index in [9.17, 15) is 8.78 Å². The largest absolute Gasteiger partial charge is 0.384 e. The SMILES string of the molecule is CC(Cc1cccs1)N(C)c1c(F)cc(C(=N)N)cc1F. The van der Waals surface area contributed by atoms with Gasteiger partial charge in [-0.15, -0.1) is 11.3 Å². The average Bonchev–Trinajstić information content (AvgIpc) is 2.90. The molecule has 0 fully saturated rings. The van der Waals surface area contributed by atoms with Gasteiger partial charge in [0.1, 0.15) is 23.2 Å². The van der Waals surface area contributed by atoms with Crippen LogP contribution < -0.4 is 10.6 Å². The summed E-state index contributed by atoms with van der Waals surface area (Å²) in [5, 5.41) is 9.23. The Balaban J connectivity index is 2.26. The maximum Gasteiger partial charge on any atom is 0.150 e. The number of amidine groups is 1. The van der Waals surface area contributed by atoms with Gasteiger partial charge in [-0.25, -0.2) is 8.78 Å². The average molecular weight is 309 g/mol. The molecule has 1 aromatic heterocycles. The molecule has 21 heavy (non-hydrogen) atoms. The summed E-state index contributed by atoms with van der Waals surface area (Å²) in [6.07, 6.45) is 0.710. The van der Waals surface area contributed by atoms with Gasteiger partial charge in [-0.2, -0.15) is 0 Å². The van der Waals surface area contributed by atoms with E-state index in [0.29, 0.717) is 6.42 Å². The van der Waals surface area contributed by atoms with Crippen molar-refractivity contribution in [1.29, 1.82) is 5.41 Å². The lowest BCUT2D eigenvalue weighted by atomic mass is 10.1. The molecule has 0 spiro atoms. The Bertz CT molecular complexity index is 617. The van der Waals surface area contributed by atoms with Crippen LogP contribution in [0.4, 0.5) is 14.5 Å². The highest BCUT2D eigenvalue weighted by atomic mass is 32.1. The number of rotatable bonds is 5. The van der Waals surface area contributed by atoms with Gasteiger partial charge in [-0.3, -0.25) is 5.41 Å². The maximum absolute atomic E-state index is 14.1. The number of hydrogen-bond donors (Lipinski definition) is 2. The summed E-state index contributed by atoms with van der Waals surface area (Å²) >= 11 is 1.62. The number of benzene rings is 1. The van der Waals surface area contributed by atoms with Crippen LogP contribution in [0.2, 0.25) is 0 Å². The van der Waals surface area contributed by atoms with Crippen molar-refractivity contribution >= 4 is 22.9 Å². The molecule has 1 unspecified atom stereocenters. The van der Waals surface area contributed by atoms with Gasteiger partial charge in [0.05, 0.1) is 0 Å². The highest BCUT2D eigenvalue weighted by Gasteiger charge is 2.20. The van der Waals surface area contributed by atoms with Gasteiger partial charge < -0.3 is 10.6 Å². The zero-order chi connectivity index (χ0) is 15.6. The number of nitrogen functional groups attached to an aromatic ring is 1. The molecule has 0 radical (unpaired) electrons. The van der Waals surface area contributed by atoms with Gasteiger partial charge in [-0.05, 0) is 30.5 Å². The number of nitrogens with zero attached hydrogens (tertiary/aromatic N) is 1. The normalized spacial score (nSPS) is 12.2. The van der Waals surface area contributed by atoms with Crippen molar-refractivity contribution in [2.45, 2.75) is 19.4 Å². The van der Waals surface area contributed by atoms with Crippen molar-refractivity contribution in [1.82, 2.24) is 0 Å². The predicted molar refractivity (Wildman–Crippen MR) is 83.3 cm³/mol. The standard InChI is InChI=1S/C15H17F2N3S/c1-9(6-11-4-3-5-21-11)20(2)14-12(16)7-10(15(18)19)8-13(14)17/h3-5,7-9H,6H2,1-2H3,(H3,18,19). The molecule has 1 aromatic carbocycles. The Morgan fingerprint density at radius 3 is 2.48 bits per heavy atom. The second kappa shape index (κ2) is 6.22. The van der Waals surface area contributed by atoms with Crippen LogP contribution in [0.15, 0.2) is 29.6 Å². The van der Waals surface area contributed by atoms with Crippen LogP contribution in [0.1, 0.15) is 17.4 Å². The van der Waals surface area contributed by atoms with Crippen molar-refractivity contribution in [3.05, 3.63) is 51.7 Å². The summed E-state index contributed by atoms with van der Waals surface area (Å²) in [7, 11) is 1.66. The fraction of sp³-hybridized carbons (Fsp3) is 0.267. The van der Waals surface area contributed by atoms with Gasteiger partial charge in [0.2, 0.25) is 0 Å². The number of likely N-dealkylation sites (N-methyl/N-ethyl adjacent to an activating group) is 1. The highest BCUT2D eigenvalue weighted by Crippen LogP contribution is 2.27. The van der Waals surface area contributed by atoms with Crippen molar-refractivity contribution in [2.24, 2.45) is 5.73 Å². The monoisotopic (exact) mass is 309 g/mol. The van der Waals surface area contributed by atoms with E-state index in [1.54, 1.807) is 23.3 Å². The first-order chi connectivity index (χ1) is 9.90. The zero-order valence-corrected chi connectivity index (χ0v) is 12.7. The van der Waals surface area contributed by atoms with Crippen molar-refractivity contribution in [2.75, 3.05) is 11.9 Å². The summed E-state index contributed by atoms with van der Waals surface area (Å²) in [5.41, 5.74) is 5.22. The van der Waals surface area contributed by atoms with Crippen LogP contribution in [0.25, 0.3) is 0 Å². The lowest BCUT2D eigenvalue weighted by molar-refractivity contribution is 0.560. The third-order valence-electron chi connectivity index (χ3n) is 3.42. The number of hydrogen-bond acceptors (Lipinski definition) is 3. The third kappa shape index (κ3) is 3.39. The second-order valence-corrected chi connectivity index (χ2v) is 5.98. The maximum atomic E-state index is 14.1. The van der Waals surface area contributed by atoms with Gasteiger partial charge in [-0.1, -0.05) is 6.07 Å². The molecular formula is C15H17F2N3S. The molecule has 0 amide bonds. The summed E-state index contributed by atoms with van der Waals surface area (Å²) in [4.78, 5) is 2.74. The van der Waals surface area contributed by atoms with E-state index in [2.05, 4.69) is 0 Å². The van der Waals surface area contributed by atoms with E-state index in [1.165, 1.54) is 0 Å². The lowest BCUT2D eigenvalue weighted by Gasteiger charge is -2.27. The zero-order valence-electron chi connectivity index (χ0n) is 11.9. The summed E-state index contributed by atoms with van der Waals surface area (Å²) in [6, 6.07) is 6.08. The Kier molecular flexibility index (Phi) is 4.57. The number of halogens is 2. The first kappa shape index (κ1) is 15.4. The molecular weight excluding hydrogens is 292 g/mol. The van der Waals surface area contributed by atoms with Gasteiger partial charge in [0.25, 0.3) is 0 Å². The van der Waals surface area contributed by atoms with E-state index in [-0.39, 0.29) is 23.1 Å². The molecule has 0 bridgehead atoms. The third-order valence-corrected chi connectivity index (χ3v) is 4.32. The predicted octanol–water partition coefficient (Wildman–Crippen LogP) is 3.38. The summed E-state index contributed by atoms with van der Waals surface area (Å²) in [6.45, 7) is 1.91. The Morgan fingerprint density at radius 2 is 2.00 bits per heavy atom. The van der Waals surface area contributed by atoms with Gasteiger partial charge >= 0.3 is 0 Å². The molecule has 0 aliphatic carbocycles. The molecule has 3 nitrogen and oxygen atoms in total. The fourth-order valence-corrected chi connectivity index (χ4v) is 2.96.